The lowest BCUT2D eigenvalue weighted by Crippen LogP contribution is -1.86. The van der Waals surface area contributed by atoms with Gasteiger partial charge in [-0.3, -0.25) is 0 Å². The number of hydrogen-bond donors (Lipinski definition) is 1. The number of nitrogens with one attached hydrogen (secondary N) is 1. The molecule has 0 saturated heterocycles. The minimum Gasteiger partial charge on any atom is -0.198 e. The highest BCUT2D eigenvalue weighted by Crippen LogP contribution is 1.97. The van der Waals surface area contributed by atoms with E-state index >= 15 is 0 Å². The molecule has 0 radical (unpaired) electrons. The maximum Gasteiger partial charge on any atom is 0.0832 e. The molecular formula is C5H9N3S. The standard InChI is InChI=1S/C5H9N3S/c1-9-3-2-5-4-6-8-7-5/h4H,2-3H2,1H3,(H,6,7,8). The fourth-order valence-electron chi connectivity index (χ4n) is 0.552. The second-order valence-electron chi connectivity index (χ2n) is 1.70. The Bertz CT molecular complexity index is 149. The van der Waals surface area contributed by atoms with Crippen LogP contribution in [0.15, 0.2) is 6.20 Å². The lowest BCUT2D eigenvalue weighted by Gasteiger charge is -1.88. The number of nitrogens with zero attached hydrogens (tertiary/aromatic N) is 2. The summed E-state index contributed by atoms with van der Waals surface area (Å²) in [6.45, 7) is 0. The molecule has 1 N–H and O–H groups in total. The highest BCUT2D eigenvalue weighted by Gasteiger charge is 1.92. The van der Waals surface area contributed by atoms with Gasteiger partial charge in [-0.2, -0.15) is 27.2 Å². The highest BCUT2D eigenvalue weighted by molar-refractivity contribution is 7.98. The molecule has 0 amide bonds. The molecule has 1 rings (SSSR count). The largest absolute Gasteiger partial charge is 0.198 e. The molecule has 3 nitrogen and oxygen atoms in total. The van der Waals surface area contributed by atoms with Gasteiger partial charge in [0.25, 0.3) is 0 Å². The average molecular weight is 143 g/mol. The van der Waals surface area contributed by atoms with Crippen LogP contribution >= 0.6 is 11.8 Å². The van der Waals surface area contributed by atoms with Gasteiger partial charge < -0.3 is 0 Å². The Morgan fingerprint density at radius 2 is 2.67 bits per heavy atom. The molecule has 0 aliphatic rings. The van der Waals surface area contributed by atoms with E-state index in [0.29, 0.717) is 0 Å². The number of hydrogen-bond acceptors (Lipinski definition) is 3. The predicted molar refractivity (Wildman–Crippen MR) is 38.5 cm³/mol. The zero-order valence-electron chi connectivity index (χ0n) is 5.29. The summed E-state index contributed by atoms with van der Waals surface area (Å²) in [6.07, 6.45) is 4.86. The summed E-state index contributed by atoms with van der Waals surface area (Å²) >= 11 is 1.82. The van der Waals surface area contributed by atoms with E-state index in [4.69, 9.17) is 0 Å². The molecule has 1 aromatic rings. The lowest BCUT2D eigenvalue weighted by molar-refractivity contribution is 0.910. The van der Waals surface area contributed by atoms with Crippen LogP contribution in [0.1, 0.15) is 5.69 Å². The van der Waals surface area contributed by atoms with Crippen LogP contribution < -0.4 is 0 Å². The number of rotatable bonds is 3. The summed E-state index contributed by atoms with van der Waals surface area (Å²) in [5, 5.41) is 10.2. The summed E-state index contributed by atoms with van der Waals surface area (Å²) < 4.78 is 0. The van der Waals surface area contributed by atoms with Crippen molar-refractivity contribution in [2.75, 3.05) is 12.0 Å². The monoisotopic (exact) mass is 143 g/mol. The molecule has 0 aromatic carbocycles. The van der Waals surface area contributed by atoms with E-state index in [2.05, 4.69) is 21.7 Å². The molecule has 0 aliphatic heterocycles. The topological polar surface area (TPSA) is 41.6 Å². The zero-order valence-corrected chi connectivity index (χ0v) is 6.11. The van der Waals surface area contributed by atoms with Gasteiger partial charge in [0.2, 0.25) is 0 Å². The fourth-order valence-corrected chi connectivity index (χ4v) is 0.966. The Morgan fingerprint density at radius 3 is 3.22 bits per heavy atom. The minimum absolute atomic E-state index is 1.01. The van der Waals surface area contributed by atoms with E-state index in [9.17, 15) is 0 Å². The third-order valence-corrected chi connectivity index (χ3v) is 1.64. The Hall–Kier alpha value is -0.510. The van der Waals surface area contributed by atoms with Crippen LogP contribution in [0.2, 0.25) is 0 Å². The van der Waals surface area contributed by atoms with Crippen LogP contribution in [-0.2, 0) is 6.42 Å². The lowest BCUT2D eigenvalue weighted by atomic mass is 10.4. The van der Waals surface area contributed by atoms with Gasteiger partial charge in [-0.05, 0) is 12.0 Å². The number of H-pyrrole nitrogens is 1. The van der Waals surface area contributed by atoms with E-state index in [1.165, 1.54) is 0 Å². The molecule has 0 fully saturated rings. The molecule has 1 aromatic heterocycles. The molecule has 9 heavy (non-hydrogen) atoms. The van der Waals surface area contributed by atoms with Crippen molar-refractivity contribution in [2.24, 2.45) is 0 Å². The summed E-state index contributed by atoms with van der Waals surface area (Å²) in [6, 6.07) is 0. The van der Waals surface area contributed by atoms with Crippen LogP contribution in [0, 0.1) is 0 Å². The van der Waals surface area contributed by atoms with Crippen LogP contribution in [0.3, 0.4) is 0 Å². The van der Waals surface area contributed by atoms with E-state index in [1.807, 2.05) is 11.8 Å². The van der Waals surface area contributed by atoms with E-state index in [0.717, 1.165) is 17.9 Å². The van der Waals surface area contributed by atoms with Gasteiger partial charge in [0.1, 0.15) is 0 Å². The Kier molecular flexibility index (Phi) is 2.57. The first-order valence-corrected chi connectivity index (χ1v) is 4.16. The van der Waals surface area contributed by atoms with E-state index in [1.54, 1.807) is 6.20 Å². The molecule has 0 spiro atoms. The van der Waals surface area contributed by atoms with Gasteiger partial charge in [0, 0.05) is 6.42 Å². The van der Waals surface area contributed by atoms with Crippen molar-refractivity contribution in [3.05, 3.63) is 11.9 Å². The molecule has 0 saturated carbocycles. The molecule has 0 unspecified atom stereocenters. The van der Waals surface area contributed by atoms with Crippen molar-refractivity contribution in [2.45, 2.75) is 6.42 Å². The molecule has 1 heterocycles. The van der Waals surface area contributed by atoms with Gasteiger partial charge >= 0.3 is 0 Å². The summed E-state index contributed by atoms with van der Waals surface area (Å²) in [5.41, 5.74) is 1.05. The molecule has 4 heteroatoms. The van der Waals surface area contributed by atoms with Gasteiger partial charge in [-0.25, -0.2) is 0 Å². The molecular weight excluding hydrogens is 134 g/mol. The van der Waals surface area contributed by atoms with Crippen LogP contribution in [0.5, 0.6) is 0 Å². The van der Waals surface area contributed by atoms with E-state index < -0.39 is 0 Å². The SMILES string of the molecule is CSCCc1cn[nH]n1. The minimum atomic E-state index is 1.01. The van der Waals surface area contributed by atoms with Gasteiger partial charge in [-0.1, -0.05) is 0 Å². The Labute approximate surface area is 58.2 Å². The molecule has 0 aliphatic carbocycles. The van der Waals surface area contributed by atoms with Crippen molar-refractivity contribution >= 4 is 11.8 Å². The van der Waals surface area contributed by atoms with Crippen molar-refractivity contribution in [1.29, 1.82) is 0 Å². The first kappa shape index (κ1) is 6.61. The van der Waals surface area contributed by atoms with E-state index in [-0.39, 0.29) is 0 Å². The maximum absolute atomic E-state index is 3.90. The van der Waals surface area contributed by atoms with Crippen LogP contribution in [-0.4, -0.2) is 27.4 Å². The summed E-state index contributed by atoms with van der Waals surface area (Å²) in [7, 11) is 0. The summed E-state index contributed by atoms with van der Waals surface area (Å²) in [4.78, 5) is 0. The maximum atomic E-state index is 3.90. The quantitative estimate of drug-likeness (QED) is 0.677. The number of aryl methyl sites for hydroxylation is 1. The fraction of sp³-hybridized carbons (Fsp3) is 0.600. The third kappa shape index (κ3) is 2.05. The third-order valence-electron chi connectivity index (χ3n) is 1.03. The number of aromatic amines is 1. The molecule has 0 bridgehead atoms. The van der Waals surface area contributed by atoms with Gasteiger partial charge in [-0.15, -0.1) is 0 Å². The predicted octanol–water partition coefficient (Wildman–Crippen LogP) is 0.710. The normalized spacial score (nSPS) is 9.89. The highest BCUT2D eigenvalue weighted by atomic mass is 32.2. The number of thioether (sulfide) groups is 1. The Balaban J connectivity index is 2.30. The molecule has 0 atom stereocenters. The summed E-state index contributed by atoms with van der Waals surface area (Å²) in [5.74, 6) is 1.12. The van der Waals surface area contributed by atoms with Gasteiger partial charge in [0.05, 0.1) is 11.9 Å². The molecule has 50 valence electrons. The average Bonchev–Trinajstić information content (AvgIpc) is 2.34. The number of aromatic nitrogens is 3. The second-order valence-corrected chi connectivity index (χ2v) is 2.69. The van der Waals surface area contributed by atoms with Crippen LogP contribution in [0.25, 0.3) is 0 Å². The van der Waals surface area contributed by atoms with Crippen molar-refractivity contribution in [3.63, 3.8) is 0 Å². The van der Waals surface area contributed by atoms with Crippen molar-refractivity contribution in [1.82, 2.24) is 15.4 Å². The zero-order chi connectivity index (χ0) is 6.53. The van der Waals surface area contributed by atoms with Crippen molar-refractivity contribution in [3.8, 4) is 0 Å². The Morgan fingerprint density at radius 1 is 1.78 bits per heavy atom. The first-order valence-electron chi connectivity index (χ1n) is 2.77. The van der Waals surface area contributed by atoms with Crippen molar-refractivity contribution < 1.29 is 0 Å². The second kappa shape index (κ2) is 3.50. The van der Waals surface area contributed by atoms with Crippen LogP contribution in [0.4, 0.5) is 0 Å². The first-order chi connectivity index (χ1) is 4.43. The van der Waals surface area contributed by atoms with Gasteiger partial charge in [0.15, 0.2) is 0 Å². The smallest absolute Gasteiger partial charge is 0.0832 e.